The van der Waals surface area contributed by atoms with Crippen molar-refractivity contribution in [3.8, 4) is 67.8 Å². The first-order valence-electron chi connectivity index (χ1n) is 20.9. The van der Waals surface area contributed by atoms with Gasteiger partial charge in [0.1, 0.15) is 0 Å². The maximum atomic E-state index is 5.32. The minimum Gasteiger partial charge on any atom is -0.309 e. The molecule has 62 heavy (non-hydrogen) atoms. The predicted molar refractivity (Wildman–Crippen MR) is 256 cm³/mol. The number of hydrogen-bond acceptors (Lipinski definition) is 3. The van der Waals surface area contributed by atoms with Gasteiger partial charge in [-0.15, -0.1) is 0 Å². The summed E-state index contributed by atoms with van der Waals surface area (Å²) in [6, 6.07) is 79.2. The molecule has 0 radical (unpaired) electrons. The summed E-state index contributed by atoms with van der Waals surface area (Å²) in [6.45, 7) is 0. The maximum absolute atomic E-state index is 5.32. The molecule has 0 bridgehead atoms. The van der Waals surface area contributed by atoms with Crippen LogP contribution in [0, 0.1) is 0 Å². The summed E-state index contributed by atoms with van der Waals surface area (Å²) in [5.74, 6) is 1.78. The number of aromatic nitrogens is 5. The molecule has 0 fully saturated rings. The van der Waals surface area contributed by atoms with E-state index in [9.17, 15) is 0 Å². The second kappa shape index (κ2) is 14.7. The third-order valence-corrected chi connectivity index (χ3v) is 12.0. The standard InChI is InChI=1S/C57H37N5/c1-4-15-38(16-5-1)40-27-31-42(32-28-40)55-58-56(43-33-29-41(30-34-43)45-20-14-19-44(35-45)39-17-6-2-7-18-39)60-57(59-55)62-52-26-13-11-24-48(52)50-36-53-49(37-54(50)62)47-23-10-12-25-51(47)61(53)46-21-8-3-9-22-46/h1-37H. The van der Waals surface area contributed by atoms with Crippen molar-refractivity contribution in [1.29, 1.82) is 0 Å². The Morgan fingerprint density at radius 2 is 0.629 bits per heavy atom. The van der Waals surface area contributed by atoms with E-state index >= 15 is 0 Å². The molecule has 3 heterocycles. The molecule has 0 saturated heterocycles. The summed E-state index contributed by atoms with van der Waals surface area (Å²) >= 11 is 0. The summed E-state index contributed by atoms with van der Waals surface area (Å²) < 4.78 is 4.59. The summed E-state index contributed by atoms with van der Waals surface area (Å²) in [4.78, 5) is 15.8. The van der Waals surface area contributed by atoms with E-state index in [0.717, 1.165) is 71.9 Å². The van der Waals surface area contributed by atoms with Crippen molar-refractivity contribution < 1.29 is 0 Å². The summed E-state index contributed by atoms with van der Waals surface area (Å²) in [5.41, 5.74) is 14.3. The van der Waals surface area contributed by atoms with E-state index in [0.29, 0.717) is 17.6 Å². The molecule has 0 aliphatic heterocycles. The quantitative estimate of drug-likeness (QED) is 0.162. The number of fused-ring (bicyclic) bond motifs is 6. The third-order valence-electron chi connectivity index (χ3n) is 12.0. The molecule has 5 heteroatoms. The fraction of sp³-hybridized carbons (Fsp3) is 0. The second-order valence-corrected chi connectivity index (χ2v) is 15.7. The Bertz CT molecular complexity index is 3590. The lowest BCUT2D eigenvalue weighted by atomic mass is 9.98. The molecule has 0 unspecified atom stereocenters. The average molecular weight is 792 g/mol. The van der Waals surface area contributed by atoms with Crippen LogP contribution in [-0.2, 0) is 0 Å². The maximum Gasteiger partial charge on any atom is 0.238 e. The van der Waals surface area contributed by atoms with Gasteiger partial charge in [-0.25, -0.2) is 4.98 Å². The highest BCUT2D eigenvalue weighted by Crippen LogP contribution is 2.40. The van der Waals surface area contributed by atoms with Gasteiger partial charge in [0.05, 0.1) is 22.1 Å². The van der Waals surface area contributed by atoms with Crippen molar-refractivity contribution in [1.82, 2.24) is 24.1 Å². The van der Waals surface area contributed by atoms with Crippen LogP contribution < -0.4 is 0 Å². The number of benzene rings is 9. The zero-order chi connectivity index (χ0) is 41.0. The molecule has 5 nitrogen and oxygen atoms in total. The number of nitrogens with zero attached hydrogens (tertiary/aromatic N) is 5. The molecule has 0 amide bonds. The summed E-state index contributed by atoms with van der Waals surface area (Å²) in [7, 11) is 0. The van der Waals surface area contributed by atoms with Gasteiger partial charge in [0.25, 0.3) is 0 Å². The Morgan fingerprint density at radius 3 is 1.18 bits per heavy atom. The molecule has 0 saturated carbocycles. The average Bonchev–Trinajstić information content (AvgIpc) is 3.86. The van der Waals surface area contributed by atoms with Crippen LogP contribution in [0.5, 0.6) is 0 Å². The van der Waals surface area contributed by atoms with Crippen LogP contribution in [0.1, 0.15) is 0 Å². The molecular weight excluding hydrogens is 755 g/mol. The van der Waals surface area contributed by atoms with Crippen LogP contribution in [0.4, 0.5) is 0 Å². The minimum atomic E-state index is 0.564. The van der Waals surface area contributed by atoms with Crippen LogP contribution >= 0.6 is 0 Å². The van der Waals surface area contributed by atoms with Gasteiger partial charge in [-0.3, -0.25) is 4.57 Å². The third kappa shape index (κ3) is 6.06. The first kappa shape index (κ1) is 35.5. The van der Waals surface area contributed by atoms with Crippen LogP contribution in [0.2, 0.25) is 0 Å². The van der Waals surface area contributed by atoms with Gasteiger partial charge in [-0.1, -0.05) is 182 Å². The van der Waals surface area contributed by atoms with Crippen molar-refractivity contribution in [3.63, 3.8) is 0 Å². The smallest absolute Gasteiger partial charge is 0.238 e. The van der Waals surface area contributed by atoms with E-state index in [-0.39, 0.29) is 0 Å². The Balaban J connectivity index is 1.05. The van der Waals surface area contributed by atoms with Crippen molar-refractivity contribution >= 4 is 43.6 Å². The molecule has 0 aliphatic carbocycles. The van der Waals surface area contributed by atoms with E-state index in [1.165, 1.54) is 21.9 Å². The second-order valence-electron chi connectivity index (χ2n) is 15.7. The summed E-state index contributed by atoms with van der Waals surface area (Å²) in [5, 5.41) is 4.62. The number of hydrogen-bond donors (Lipinski definition) is 0. The van der Waals surface area contributed by atoms with Gasteiger partial charge in [-0.2, -0.15) is 9.97 Å². The van der Waals surface area contributed by atoms with E-state index < -0.39 is 0 Å². The van der Waals surface area contributed by atoms with Crippen LogP contribution in [0.15, 0.2) is 224 Å². The Hall–Kier alpha value is -8.41. The molecule has 9 aromatic carbocycles. The molecule has 0 N–H and O–H groups in total. The molecule has 0 spiro atoms. The predicted octanol–water partition coefficient (Wildman–Crippen LogP) is 14.4. The van der Waals surface area contributed by atoms with Crippen LogP contribution in [0.3, 0.4) is 0 Å². The van der Waals surface area contributed by atoms with Gasteiger partial charge in [0.2, 0.25) is 5.95 Å². The lowest BCUT2D eigenvalue weighted by Gasteiger charge is -2.12. The SMILES string of the molecule is c1ccc(-c2ccc(-c3nc(-c4ccc(-c5cccc(-c6ccccc6)c5)cc4)nc(-n4c5ccccc5c5cc6c(cc54)c4ccccc4n6-c4ccccc4)n3)cc2)cc1. The van der Waals surface area contributed by atoms with Gasteiger partial charge < -0.3 is 4.57 Å². The molecule has 12 aromatic rings. The van der Waals surface area contributed by atoms with E-state index in [1.54, 1.807) is 0 Å². The van der Waals surface area contributed by atoms with Crippen molar-refractivity contribution in [2.75, 3.05) is 0 Å². The van der Waals surface area contributed by atoms with Gasteiger partial charge in [0.15, 0.2) is 11.6 Å². The molecule has 290 valence electrons. The topological polar surface area (TPSA) is 48.5 Å². The highest BCUT2D eigenvalue weighted by atomic mass is 15.2. The molecule has 3 aromatic heterocycles. The highest BCUT2D eigenvalue weighted by molar-refractivity contribution is 6.19. The van der Waals surface area contributed by atoms with Gasteiger partial charge >= 0.3 is 0 Å². The van der Waals surface area contributed by atoms with Crippen LogP contribution in [-0.4, -0.2) is 24.1 Å². The number of rotatable bonds is 7. The van der Waals surface area contributed by atoms with Crippen molar-refractivity contribution in [3.05, 3.63) is 224 Å². The first-order chi connectivity index (χ1) is 30.7. The van der Waals surface area contributed by atoms with Crippen LogP contribution in [0.25, 0.3) is 111 Å². The first-order valence-corrected chi connectivity index (χ1v) is 20.9. The van der Waals surface area contributed by atoms with Gasteiger partial charge in [0, 0.05) is 38.4 Å². The minimum absolute atomic E-state index is 0.564. The monoisotopic (exact) mass is 791 g/mol. The highest BCUT2D eigenvalue weighted by Gasteiger charge is 2.21. The largest absolute Gasteiger partial charge is 0.309 e. The normalized spacial score (nSPS) is 11.5. The number of para-hydroxylation sites is 3. The van der Waals surface area contributed by atoms with E-state index in [4.69, 9.17) is 15.0 Å². The fourth-order valence-corrected chi connectivity index (χ4v) is 8.99. The Morgan fingerprint density at radius 1 is 0.242 bits per heavy atom. The fourth-order valence-electron chi connectivity index (χ4n) is 8.99. The lowest BCUT2D eigenvalue weighted by molar-refractivity contribution is 0.954. The Kier molecular flexibility index (Phi) is 8.42. The van der Waals surface area contributed by atoms with E-state index in [1.807, 2.05) is 6.07 Å². The zero-order valence-electron chi connectivity index (χ0n) is 33.6. The van der Waals surface area contributed by atoms with Crippen molar-refractivity contribution in [2.24, 2.45) is 0 Å². The van der Waals surface area contributed by atoms with E-state index in [2.05, 4.69) is 228 Å². The zero-order valence-corrected chi connectivity index (χ0v) is 33.6. The van der Waals surface area contributed by atoms with Gasteiger partial charge in [-0.05, 0) is 75.8 Å². The molecule has 0 atom stereocenters. The summed E-state index contributed by atoms with van der Waals surface area (Å²) in [6.07, 6.45) is 0. The molecular formula is C57H37N5. The molecule has 0 aliphatic rings. The lowest BCUT2D eigenvalue weighted by Crippen LogP contribution is -2.06. The molecule has 12 rings (SSSR count). The Labute approximate surface area is 358 Å². The van der Waals surface area contributed by atoms with Crippen molar-refractivity contribution in [2.45, 2.75) is 0 Å².